The fourth-order valence-corrected chi connectivity index (χ4v) is 1.63. The number of hydrogen-bond acceptors (Lipinski definition) is 2. The molecule has 104 valence electrons. The Hall–Kier alpha value is -2.04. The first-order chi connectivity index (χ1) is 8.95. The molecule has 1 unspecified atom stereocenters. The first-order valence-corrected chi connectivity index (χ1v) is 6.33. The van der Waals surface area contributed by atoms with Crippen LogP contribution < -0.4 is 10.6 Å². The number of carbonyl (C=O) groups excluding carboxylic acids is 1. The maximum absolute atomic E-state index is 11.7. The Bertz CT molecular complexity index is 472. The molecule has 5 nitrogen and oxygen atoms in total. The molecule has 0 bridgehead atoms. The van der Waals surface area contributed by atoms with E-state index in [1.807, 2.05) is 13.8 Å². The van der Waals surface area contributed by atoms with E-state index in [9.17, 15) is 9.59 Å². The molecule has 5 heteroatoms. The number of carbonyl (C=O) groups is 2. The third-order valence-electron chi connectivity index (χ3n) is 3.04. The summed E-state index contributed by atoms with van der Waals surface area (Å²) in [6.45, 7) is 6.35. The molecule has 19 heavy (non-hydrogen) atoms. The lowest BCUT2D eigenvalue weighted by Crippen LogP contribution is -2.32. The van der Waals surface area contributed by atoms with Gasteiger partial charge in [0, 0.05) is 6.54 Å². The highest BCUT2D eigenvalue weighted by Crippen LogP contribution is 2.19. The lowest BCUT2D eigenvalue weighted by Gasteiger charge is -2.13. The number of benzene rings is 1. The molecule has 0 aliphatic rings. The largest absolute Gasteiger partial charge is 0.478 e. The van der Waals surface area contributed by atoms with Gasteiger partial charge < -0.3 is 15.7 Å². The molecule has 0 saturated heterocycles. The molecule has 1 atom stereocenters. The van der Waals surface area contributed by atoms with Gasteiger partial charge in [0.05, 0.1) is 11.3 Å². The van der Waals surface area contributed by atoms with Crippen molar-refractivity contribution in [3.63, 3.8) is 0 Å². The molecule has 1 aromatic carbocycles. The van der Waals surface area contributed by atoms with Crippen LogP contribution in [0, 0.1) is 12.8 Å². The fourth-order valence-electron chi connectivity index (χ4n) is 1.63. The zero-order chi connectivity index (χ0) is 14.4. The predicted molar refractivity (Wildman–Crippen MR) is 74.6 cm³/mol. The van der Waals surface area contributed by atoms with Gasteiger partial charge in [-0.3, -0.25) is 0 Å². The monoisotopic (exact) mass is 264 g/mol. The molecular weight excluding hydrogens is 244 g/mol. The summed E-state index contributed by atoms with van der Waals surface area (Å²) in [5.74, 6) is -0.655. The summed E-state index contributed by atoms with van der Waals surface area (Å²) in [5.41, 5.74) is 1.06. The number of aromatic carboxylic acids is 1. The van der Waals surface area contributed by atoms with Crippen molar-refractivity contribution in [2.24, 2.45) is 5.92 Å². The van der Waals surface area contributed by atoms with E-state index in [-0.39, 0.29) is 11.6 Å². The molecular formula is C14H20N2O3. The van der Waals surface area contributed by atoms with Gasteiger partial charge in [-0.05, 0) is 24.5 Å². The van der Waals surface area contributed by atoms with Gasteiger partial charge in [-0.25, -0.2) is 9.59 Å². The van der Waals surface area contributed by atoms with Crippen molar-refractivity contribution in [1.82, 2.24) is 5.32 Å². The van der Waals surface area contributed by atoms with Crippen molar-refractivity contribution in [2.45, 2.75) is 27.2 Å². The molecule has 0 fully saturated rings. The standard InChI is InChI=1S/C14H20N2O3/c1-4-9(2)8-15-14(19)16-11-7-5-6-10(3)12(11)13(17)18/h5-7,9H,4,8H2,1-3H3,(H,17,18)(H2,15,16,19). The number of carboxylic acids is 1. The topological polar surface area (TPSA) is 78.4 Å². The van der Waals surface area contributed by atoms with Crippen LogP contribution in [0.2, 0.25) is 0 Å². The highest BCUT2D eigenvalue weighted by atomic mass is 16.4. The van der Waals surface area contributed by atoms with Gasteiger partial charge in [0.1, 0.15) is 0 Å². The number of nitrogens with one attached hydrogen (secondary N) is 2. The lowest BCUT2D eigenvalue weighted by atomic mass is 10.1. The third kappa shape index (κ3) is 4.28. The van der Waals surface area contributed by atoms with Crippen molar-refractivity contribution in [3.05, 3.63) is 29.3 Å². The summed E-state index contributed by atoms with van der Waals surface area (Å²) in [4.78, 5) is 22.9. The number of amides is 2. The maximum atomic E-state index is 11.7. The van der Waals surface area contributed by atoms with Crippen LogP contribution >= 0.6 is 0 Å². The van der Waals surface area contributed by atoms with Crippen LogP contribution in [0.1, 0.15) is 36.2 Å². The molecule has 3 N–H and O–H groups in total. The molecule has 0 spiro atoms. The van der Waals surface area contributed by atoms with Gasteiger partial charge >= 0.3 is 12.0 Å². The number of hydrogen-bond donors (Lipinski definition) is 3. The van der Waals surface area contributed by atoms with E-state index in [2.05, 4.69) is 10.6 Å². The predicted octanol–water partition coefficient (Wildman–Crippen LogP) is 2.86. The average Bonchev–Trinajstić information content (AvgIpc) is 2.35. The summed E-state index contributed by atoms with van der Waals surface area (Å²) < 4.78 is 0. The van der Waals surface area contributed by atoms with Crippen LogP contribution in [0.25, 0.3) is 0 Å². The van der Waals surface area contributed by atoms with Crippen molar-refractivity contribution < 1.29 is 14.7 Å². The van der Waals surface area contributed by atoms with E-state index in [0.29, 0.717) is 23.7 Å². The molecule has 0 radical (unpaired) electrons. The number of anilines is 1. The van der Waals surface area contributed by atoms with Crippen molar-refractivity contribution in [1.29, 1.82) is 0 Å². The van der Waals surface area contributed by atoms with Crippen LogP contribution in [0.15, 0.2) is 18.2 Å². The molecule has 1 rings (SSSR count). The molecule has 0 aliphatic heterocycles. The first kappa shape index (κ1) is 15.0. The van der Waals surface area contributed by atoms with Gasteiger partial charge in [0.15, 0.2) is 0 Å². The van der Waals surface area contributed by atoms with E-state index in [1.54, 1.807) is 25.1 Å². The van der Waals surface area contributed by atoms with Crippen LogP contribution in [-0.2, 0) is 0 Å². The Morgan fingerprint density at radius 1 is 1.37 bits per heavy atom. The van der Waals surface area contributed by atoms with E-state index in [1.165, 1.54) is 0 Å². The molecule has 0 saturated carbocycles. The first-order valence-electron chi connectivity index (χ1n) is 6.33. The second-order valence-corrected chi connectivity index (χ2v) is 4.65. The normalized spacial score (nSPS) is 11.7. The lowest BCUT2D eigenvalue weighted by molar-refractivity contribution is 0.0697. The molecule has 0 heterocycles. The second kappa shape index (κ2) is 6.78. The summed E-state index contributed by atoms with van der Waals surface area (Å²) >= 11 is 0. The SMILES string of the molecule is CCC(C)CNC(=O)Nc1cccc(C)c1C(=O)O. The summed E-state index contributed by atoms with van der Waals surface area (Å²) in [5, 5.41) is 14.4. The summed E-state index contributed by atoms with van der Waals surface area (Å²) in [6, 6.07) is 4.62. The Labute approximate surface area is 113 Å². The van der Waals surface area contributed by atoms with Crippen molar-refractivity contribution in [2.75, 3.05) is 11.9 Å². The number of rotatable bonds is 5. The molecule has 2 amide bonds. The second-order valence-electron chi connectivity index (χ2n) is 4.65. The quantitative estimate of drug-likeness (QED) is 0.765. The molecule has 0 aliphatic carbocycles. The van der Waals surface area contributed by atoms with Crippen molar-refractivity contribution >= 4 is 17.7 Å². The van der Waals surface area contributed by atoms with E-state index < -0.39 is 5.97 Å². The minimum Gasteiger partial charge on any atom is -0.478 e. The average molecular weight is 264 g/mol. The van der Waals surface area contributed by atoms with Gasteiger partial charge in [-0.15, -0.1) is 0 Å². The Balaban J connectivity index is 2.74. The number of carboxylic acid groups (broad SMARTS) is 1. The Kier molecular flexibility index (Phi) is 5.36. The smallest absolute Gasteiger partial charge is 0.338 e. The summed E-state index contributed by atoms with van der Waals surface area (Å²) in [7, 11) is 0. The molecule has 1 aromatic rings. The highest BCUT2D eigenvalue weighted by molar-refractivity contribution is 6.01. The van der Waals surface area contributed by atoms with Crippen LogP contribution in [0.5, 0.6) is 0 Å². The third-order valence-corrected chi connectivity index (χ3v) is 3.04. The van der Waals surface area contributed by atoms with Gasteiger partial charge in [0.2, 0.25) is 0 Å². The van der Waals surface area contributed by atoms with Crippen molar-refractivity contribution in [3.8, 4) is 0 Å². The maximum Gasteiger partial charge on any atom is 0.338 e. The Morgan fingerprint density at radius 3 is 2.63 bits per heavy atom. The fraction of sp³-hybridized carbons (Fsp3) is 0.429. The van der Waals surface area contributed by atoms with E-state index in [0.717, 1.165) is 6.42 Å². The van der Waals surface area contributed by atoms with Crippen LogP contribution in [0.3, 0.4) is 0 Å². The van der Waals surface area contributed by atoms with Crippen LogP contribution in [-0.4, -0.2) is 23.7 Å². The minimum atomic E-state index is -1.05. The molecule has 0 aromatic heterocycles. The zero-order valence-corrected chi connectivity index (χ0v) is 11.5. The summed E-state index contributed by atoms with van der Waals surface area (Å²) in [6.07, 6.45) is 0.977. The van der Waals surface area contributed by atoms with E-state index >= 15 is 0 Å². The van der Waals surface area contributed by atoms with Gasteiger partial charge in [0.25, 0.3) is 0 Å². The Morgan fingerprint density at radius 2 is 2.05 bits per heavy atom. The van der Waals surface area contributed by atoms with Crippen LogP contribution in [0.4, 0.5) is 10.5 Å². The van der Waals surface area contributed by atoms with Gasteiger partial charge in [-0.2, -0.15) is 0 Å². The number of urea groups is 1. The highest BCUT2D eigenvalue weighted by Gasteiger charge is 2.14. The zero-order valence-electron chi connectivity index (χ0n) is 11.5. The number of aryl methyl sites for hydroxylation is 1. The van der Waals surface area contributed by atoms with E-state index in [4.69, 9.17) is 5.11 Å². The van der Waals surface area contributed by atoms with Gasteiger partial charge in [-0.1, -0.05) is 32.4 Å². The minimum absolute atomic E-state index is 0.126.